The number of hydrogen-bond donors (Lipinski definition) is 0. The molecule has 0 aromatic rings. The molecule has 2 saturated carbocycles. The molecule has 26 heavy (non-hydrogen) atoms. The van der Waals surface area contributed by atoms with Crippen LogP contribution in [0.5, 0.6) is 0 Å². The third-order valence-electron chi connectivity index (χ3n) is 7.44. The smallest absolute Gasteiger partial charge is 0.0128 e. The zero-order valence-electron chi connectivity index (χ0n) is 17.6. The maximum absolute atomic E-state index is 4.18. The van der Waals surface area contributed by atoms with E-state index in [-0.39, 0.29) is 0 Å². The molecule has 3 aliphatic carbocycles. The molecule has 0 spiro atoms. The van der Waals surface area contributed by atoms with Gasteiger partial charge in [0.25, 0.3) is 0 Å². The lowest BCUT2D eigenvalue weighted by Crippen LogP contribution is -2.44. The monoisotopic (exact) mass is 352 g/mol. The molecular weight excluding hydrogens is 312 g/mol. The zero-order chi connectivity index (χ0) is 19.3. The summed E-state index contributed by atoms with van der Waals surface area (Å²) in [5, 5.41) is 0. The highest BCUT2D eigenvalue weighted by Crippen LogP contribution is 2.63. The van der Waals surface area contributed by atoms with Gasteiger partial charge >= 0.3 is 0 Å². The Morgan fingerprint density at radius 3 is 2.54 bits per heavy atom. The van der Waals surface area contributed by atoms with E-state index in [1.54, 1.807) is 6.08 Å². The van der Waals surface area contributed by atoms with Crippen molar-refractivity contribution in [1.82, 2.24) is 0 Å². The number of allylic oxidation sites excluding steroid dienone is 7. The van der Waals surface area contributed by atoms with Gasteiger partial charge in [0.05, 0.1) is 0 Å². The van der Waals surface area contributed by atoms with E-state index in [1.165, 1.54) is 37.7 Å². The van der Waals surface area contributed by atoms with Crippen molar-refractivity contribution in [3.63, 3.8) is 0 Å². The van der Waals surface area contributed by atoms with Gasteiger partial charge in [-0.15, -0.1) is 13.2 Å². The topological polar surface area (TPSA) is 0 Å². The fourth-order valence-corrected chi connectivity index (χ4v) is 6.48. The first-order chi connectivity index (χ1) is 12.5. The third kappa shape index (κ3) is 3.71. The van der Waals surface area contributed by atoms with E-state index >= 15 is 0 Å². The van der Waals surface area contributed by atoms with Crippen molar-refractivity contribution in [2.75, 3.05) is 0 Å². The molecule has 0 bridgehead atoms. The van der Waals surface area contributed by atoms with E-state index in [0.717, 1.165) is 29.6 Å². The Morgan fingerprint density at radius 2 is 1.96 bits per heavy atom. The maximum atomic E-state index is 4.18. The van der Waals surface area contributed by atoms with Crippen molar-refractivity contribution < 1.29 is 0 Å². The summed E-state index contributed by atoms with van der Waals surface area (Å²) < 4.78 is 0. The Morgan fingerprint density at radius 1 is 1.27 bits per heavy atom. The van der Waals surface area contributed by atoms with Gasteiger partial charge in [0, 0.05) is 0 Å². The molecular formula is C26H40. The average Bonchev–Trinajstić information content (AvgIpc) is 2.87. The lowest BCUT2D eigenvalue weighted by Gasteiger charge is -2.51. The van der Waals surface area contributed by atoms with Crippen LogP contribution in [-0.2, 0) is 0 Å². The highest BCUT2D eigenvalue weighted by molar-refractivity contribution is 5.32. The Balaban J connectivity index is 0.000000758. The highest BCUT2D eigenvalue weighted by Gasteiger charge is 2.56. The summed E-state index contributed by atoms with van der Waals surface area (Å²) in [6, 6.07) is 0. The molecule has 3 aliphatic rings. The molecule has 0 N–H and O–H groups in total. The van der Waals surface area contributed by atoms with Gasteiger partial charge in [-0.05, 0) is 79.1 Å². The standard InChI is InChI=1S/C23H34.C3H6/c1-6-9-17-11-12-20-19(18(17)10-7-2)13-14-23(5)21(8-3)16(4)15-22(20)23;1-3-2/h6,8-9,11-12,16,18-22H,1,3,7,10,13-15H2,2,4-5H3;3H,1H2,2H3/b17-9-;. The van der Waals surface area contributed by atoms with Crippen molar-refractivity contribution in [2.45, 2.75) is 59.8 Å². The highest BCUT2D eigenvalue weighted by atomic mass is 14.6. The second kappa shape index (κ2) is 9.07. The van der Waals surface area contributed by atoms with Gasteiger partial charge in [-0.3, -0.25) is 0 Å². The Hall–Kier alpha value is -1.30. The predicted molar refractivity (Wildman–Crippen MR) is 117 cm³/mol. The lowest BCUT2D eigenvalue weighted by atomic mass is 9.53. The van der Waals surface area contributed by atoms with Crippen LogP contribution in [0.1, 0.15) is 59.8 Å². The van der Waals surface area contributed by atoms with E-state index in [0.29, 0.717) is 11.3 Å². The molecule has 0 heteroatoms. The van der Waals surface area contributed by atoms with Gasteiger partial charge in [0.15, 0.2) is 0 Å². The summed E-state index contributed by atoms with van der Waals surface area (Å²) in [6.07, 6.45) is 20.0. The normalized spacial score (nSPS) is 42.2. The molecule has 0 radical (unpaired) electrons. The predicted octanol–water partition coefficient (Wildman–Crippen LogP) is 7.77. The average molecular weight is 353 g/mol. The van der Waals surface area contributed by atoms with Crippen LogP contribution < -0.4 is 0 Å². The second-order valence-electron chi connectivity index (χ2n) is 8.93. The molecule has 0 heterocycles. The molecule has 0 nitrogen and oxygen atoms in total. The van der Waals surface area contributed by atoms with E-state index < -0.39 is 0 Å². The van der Waals surface area contributed by atoms with Crippen molar-refractivity contribution >= 4 is 0 Å². The number of rotatable bonds is 4. The molecule has 7 atom stereocenters. The van der Waals surface area contributed by atoms with Crippen molar-refractivity contribution in [3.8, 4) is 0 Å². The first kappa shape index (κ1) is 21.0. The summed E-state index contributed by atoms with van der Waals surface area (Å²) in [6.45, 7) is 20.7. The van der Waals surface area contributed by atoms with E-state index in [4.69, 9.17) is 0 Å². The SMILES string of the molecule is C=C/C=C1/C=CC2C(CCC3(C)C(C=C)C(C)CC23)C1CCC.C=CC. The number of fused-ring (bicyclic) bond motifs is 3. The Kier molecular flexibility index (Phi) is 7.33. The third-order valence-corrected chi connectivity index (χ3v) is 7.44. The van der Waals surface area contributed by atoms with Crippen LogP contribution in [0.25, 0.3) is 0 Å². The Bertz CT molecular complexity index is 563. The van der Waals surface area contributed by atoms with Crippen molar-refractivity contribution in [2.24, 2.45) is 40.9 Å². The molecule has 0 aliphatic heterocycles. The maximum Gasteiger partial charge on any atom is -0.0128 e. The van der Waals surface area contributed by atoms with Crippen molar-refractivity contribution in [1.29, 1.82) is 0 Å². The van der Waals surface area contributed by atoms with Gasteiger partial charge in [-0.2, -0.15) is 0 Å². The van der Waals surface area contributed by atoms with Gasteiger partial charge in [0.2, 0.25) is 0 Å². The van der Waals surface area contributed by atoms with Crippen LogP contribution in [0.3, 0.4) is 0 Å². The van der Waals surface area contributed by atoms with Crippen molar-refractivity contribution in [3.05, 3.63) is 61.8 Å². The van der Waals surface area contributed by atoms with Crippen LogP contribution >= 0.6 is 0 Å². The van der Waals surface area contributed by atoms with Gasteiger partial charge in [-0.1, -0.05) is 70.2 Å². The number of hydrogen-bond acceptors (Lipinski definition) is 0. The summed E-state index contributed by atoms with van der Waals surface area (Å²) in [5.41, 5.74) is 2.00. The van der Waals surface area contributed by atoms with Crippen LogP contribution in [0.15, 0.2) is 61.8 Å². The quantitative estimate of drug-likeness (QED) is 0.453. The minimum absolute atomic E-state index is 0.475. The van der Waals surface area contributed by atoms with Crippen LogP contribution in [0, 0.1) is 40.9 Å². The molecule has 3 rings (SSSR count). The molecule has 144 valence electrons. The van der Waals surface area contributed by atoms with Gasteiger partial charge in [0.1, 0.15) is 0 Å². The summed E-state index contributed by atoms with van der Waals surface area (Å²) >= 11 is 0. The van der Waals surface area contributed by atoms with E-state index in [2.05, 4.69) is 64.8 Å². The molecule has 0 saturated heterocycles. The molecule has 2 fully saturated rings. The molecule has 0 aromatic carbocycles. The largest absolute Gasteiger partial charge is 0.103 e. The lowest BCUT2D eigenvalue weighted by molar-refractivity contribution is 0.0236. The minimum atomic E-state index is 0.475. The fraction of sp³-hybridized carbons (Fsp3) is 0.615. The molecule has 7 unspecified atom stereocenters. The van der Waals surface area contributed by atoms with Gasteiger partial charge < -0.3 is 0 Å². The Labute approximate surface area is 162 Å². The van der Waals surface area contributed by atoms with E-state index in [9.17, 15) is 0 Å². The summed E-state index contributed by atoms with van der Waals surface area (Å²) in [5.74, 6) is 4.72. The fourth-order valence-electron chi connectivity index (χ4n) is 6.48. The summed E-state index contributed by atoms with van der Waals surface area (Å²) in [7, 11) is 0. The summed E-state index contributed by atoms with van der Waals surface area (Å²) in [4.78, 5) is 0. The van der Waals surface area contributed by atoms with Crippen LogP contribution in [0.2, 0.25) is 0 Å². The molecule has 0 aromatic heterocycles. The minimum Gasteiger partial charge on any atom is -0.103 e. The molecule has 0 amide bonds. The first-order valence-electron chi connectivity index (χ1n) is 10.7. The van der Waals surface area contributed by atoms with Gasteiger partial charge in [-0.25, -0.2) is 0 Å². The van der Waals surface area contributed by atoms with E-state index in [1.807, 2.05) is 13.0 Å². The second-order valence-corrected chi connectivity index (χ2v) is 8.93. The van der Waals surface area contributed by atoms with Crippen LogP contribution in [0.4, 0.5) is 0 Å². The first-order valence-corrected chi connectivity index (χ1v) is 10.7. The van der Waals surface area contributed by atoms with Crippen LogP contribution in [-0.4, -0.2) is 0 Å². The zero-order valence-corrected chi connectivity index (χ0v) is 17.6.